The van der Waals surface area contributed by atoms with Gasteiger partial charge in [0, 0.05) is 29.0 Å². The van der Waals surface area contributed by atoms with E-state index in [1.807, 2.05) is 18.4 Å². The predicted molar refractivity (Wildman–Crippen MR) is 111 cm³/mol. The van der Waals surface area contributed by atoms with E-state index in [2.05, 4.69) is 11.4 Å². The van der Waals surface area contributed by atoms with Crippen LogP contribution in [0.1, 0.15) is 21.0 Å². The fourth-order valence-electron chi connectivity index (χ4n) is 2.45. The predicted octanol–water partition coefficient (Wildman–Crippen LogP) is 3.37. The third-order valence-electron chi connectivity index (χ3n) is 3.81. The van der Waals surface area contributed by atoms with Gasteiger partial charge in [-0.2, -0.15) is 11.8 Å². The zero-order valence-electron chi connectivity index (χ0n) is 15.2. The molecule has 0 saturated heterocycles. The van der Waals surface area contributed by atoms with Crippen molar-refractivity contribution in [2.75, 3.05) is 18.9 Å². The highest BCUT2D eigenvalue weighted by atomic mass is 32.2. The Kier molecular flexibility index (Phi) is 6.89. The number of benzene rings is 1. The number of fused-ring (bicyclic) bond motifs is 1. The number of hydrogen-bond donors (Lipinski definition) is 1. The molecule has 2 aromatic heterocycles. The zero-order chi connectivity index (χ0) is 19.9. The molecular weight excluding hydrogens is 398 g/mol. The van der Waals surface area contributed by atoms with Crippen molar-refractivity contribution < 1.29 is 18.7 Å². The number of aryl methyl sites for hydroxylation is 1. The number of amides is 1. The van der Waals surface area contributed by atoms with Crippen LogP contribution in [0.15, 0.2) is 51.0 Å². The number of thioether (sulfide) groups is 1. The summed E-state index contributed by atoms with van der Waals surface area (Å²) in [5.74, 6) is 0.200. The number of esters is 1. The highest BCUT2D eigenvalue weighted by molar-refractivity contribution is 7.98. The number of ether oxygens (including phenoxy) is 1. The van der Waals surface area contributed by atoms with Crippen LogP contribution >= 0.6 is 23.1 Å². The van der Waals surface area contributed by atoms with Gasteiger partial charge in [0.05, 0.1) is 5.39 Å². The Morgan fingerprint density at radius 1 is 1.25 bits per heavy atom. The summed E-state index contributed by atoms with van der Waals surface area (Å²) in [5, 5.41) is 5.12. The Balaban J connectivity index is 1.44. The molecule has 0 atom stereocenters. The van der Waals surface area contributed by atoms with E-state index in [0.717, 1.165) is 23.1 Å². The van der Waals surface area contributed by atoms with Crippen molar-refractivity contribution in [3.05, 3.63) is 68.2 Å². The van der Waals surface area contributed by atoms with Crippen molar-refractivity contribution in [1.29, 1.82) is 0 Å². The Morgan fingerprint density at radius 2 is 2.11 bits per heavy atom. The minimum absolute atomic E-state index is 0.222. The van der Waals surface area contributed by atoms with Crippen molar-refractivity contribution in [1.82, 2.24) is 5.32 Å². The summed E-state index contributed by atoms with van der Waals surface area (Å²) in [6.07, 6.45) is 0. The van der Waals surface area contributed by atoms with E-state index in [4.69, 9.17) is 9.15 Å². The second-order valence-electron chi connectivity index (χ2n) is 6.03. The van der Waals surface area contributed by atoms with Gasteiger partial charge in [0.2, 0.25) is 5.76 Å². The summed E-state index contributed by atoms with van der Waals surface area (Å²) < 4.78 is 10.4. The van der Waals surface area contributed by atoms with Gasteiger partial charge in [0.1, 0.15) is 5.58 Å². The van der Waals surface area contributed by atoms with E-state index in [0.29, 0.717) is 17.5 Å². The fraction of sp³-hybridized carbons (Fsp3) is 0.250. The topological polar surface area (TPSA) is 85.6 Å². The van der Waals surface area contributed by atoms with Gasteiger partial charge < -0.3 is 14.5 Å². The number of hydrogen-bond acceptors (Lipinski definition) is 7. The summed E-state index contributed by atoms with van der Waals surface area (Å²) in [5.41, 5.74) is 0.890. The molecule has 6 nitrogen and oxygen atoms in total. The summed E-state index contributed by atoms with van der Waals surface area (Å²) in [6, 6.07) is 10.3. The maximum atomic E-state index is 12.1. The molecule has 0 aliphatic heterocycles. The molecule has 0 saturated carbocycles. The molecule has 8 heteroatoms. The number of thiophene rings is 1. The molecule has 3 rings (SSSR count). The van der Waals surface area contributed by atoms with Crippen LogP contribution in [0.5, 0.6) is 0 Å². The Hall–Kier alpha value is -2.58. The van der Waals surface area contributed by atoms with Crippen LogP contribution in [-0.2, 0) is 15.3 Å². The van der Waals surface area contributed by atoms with Gasteiger partial charge in [-0.25, -0.2) is 4.79 Å². The maximum absolute atomic E-state index is 12.1. The summed E-state index contributed by atoms with van der Waals surface area (Å²) in [6.45, 7) is 1.92. The fourth-order valence-corrected chi connectivity index (χ4v) is 4.15. The average Bonchev–Trinajstić information content (AvgIpc) is 3.19. The molecule has 0 radical (unpaired) electrons. The van der Waals surface area contributed by atoms with Crippen LogP contribution in [0.2, 0.25) is 0 Å². The molecule has 1 N–H and O–H groups in total. The summed E-state index contributed by atoms with van der Waals surface area (Å²) >= 11 is 3.42. The number of carbonyl (C=O) groups excluding carboxylic acids is 2. The molecule has 0 aliphatic carbocycles. The van der Waals surface area contributed by atoms with Gasteiger partial charge in [0.15, 0.2) is 12.0 Å². The first-order chi connectivity index (χ1) is 13.5. The van der Waals surface area contributed by atoms with Gasteiger partial charge in [0.25, 0.3) is 5.91 Å². The van der Waals surface area contributed by atoms with E-state index < -0.39 is 18.5 Å². The largest absolute Gasteiger partial charge is 0.450 e. The highest BCUT2D eigenvalue weighted by Gasteiger charge is 2.15. The van der Waals surface area contributed by atoms with Gasteiger partial charge in [-0.15, -0.1) is 11.3 Å². The van der Waals surface area contributed by atoms with E-state index in [9.17, 15) is 14.4 Å². The van der Waals surface area contributed by atoms with E-state index in [1.165, 1.54) is 4.88 Å². The molecule has 2 heterocycles. The van der Waals surface area contributed by atoms with Crippen molar-refractivity contribution in [2.24, 2.45) is 0 Å². The molecule has 28 heavy (non-hydrogen) atoms. The van der Waals surface area contributed by atoms with E-state index in [-0.39, 0.29) is 11.2 Å². The summed E-state index contributed by atoms with van der Waals surface area (Å²) in [4.78, 5) is 37.3. The SMILES string of the molecule is Cc1ccc2oc(C(=O)OCC(=O)NCCSCc3cccs3)cc(=O)c2c1. The van der Waals surface area contributed by atoms with Crippen molar-refractivity contribution in [2.45, 2.75) is 12.7 Å². The van der Waals surface area contributed by atoms with Crippen molar-refractivity contribution >= 4 is 45.9 Å². The van der Waals surface area contributed by atoms with Crippen molar-refractivity contribution in [3.63, 3.8) is 0 Å². The highest BCUT2D eigenvalue weighted by Crippen LogP contribution is 2.16. The monoisotopic (exact) mass is 417 g/mol. The van der Waals surface area contributed by atoms with E-state index in [1.54, 1.807) is 41.3 Å². The lowest BCUT2D eigenvalue weighted by Gasteiger charge is -2.07. The first-order valence-electron chi connectivity index (χ1n) is 8.61. The van der Waals surface area contributed by atoms with Crippen molar-refractivity contribution in [3.8, 4) is 0 Å². The first kappa shape index (κ1) is 20.2. The number of nitrogens with one attached hydrogen (secondary N) is 1. The number of carbonyl (C=O) groups is 2. The quantitative estimate of drug-likeness (QED) is 0.447. The molecule has 146 valence electrons. The van der Waals surface area contributed by atoms with Crippen LogP contribution < -0.4 is 10.7 Å². The molecule has 0 spiro atoms. The molecule has 0 unspecified atom stereocenters. The molecule has 0 fully saturated rings. The zero-order valence-corrected chi connectivity index (χ0v) is 16.9. The first-order valence-corrected chi connectivity index (χ1v) is 10.6. The van der Waals surface area contributed by atoms with Crippen LogP contribution in [0, 0.1) is 6.92 Å². The molecule has 1 aromatic carbocycles. The Labute approximate surface area is 169 Å². The van der Waals surface area contributed by atoms with Gasteiger partial charge in [-0.3, -0.25) is 9.59 Å². The smallest absolute Gasteiger partial charge is 0.374 e. The van der Waals surface area contributed by atoms with Gasteiger partial charge >= 0.3 is 5.97 Å². The van der Waals surface area contributed by atoms with Gasteiger partial charge in [-0.05, 0) is 30.5 Å². The molecule has 0 aliphatic rings. The van der Waals surface area contributed by atoms with Crippen LogP contribution in [0.25, 0.3) is 11.0 Å². The average molecular weight is 418 g/mol. The Morgan fingerprint density at radius 3 is 2.89 bits per heavy atom. The lowest BCUT2D eigenvalue weighted by Crippen LogP contribution is -2.30. The van der Waals surface area contributed by atoms with E-state index >= 15 is 0 Å². The third kappa shape index (κ3) is 5.46. The third-order valence-corrected chi connectivity index (χ3v) is 5.88. The lowest BCUT2D eigenvalue weighted by molar-refractivity contribution is -0.124. The van der Waals surface area contributed by atoms with Gasteiger partial charge in [-0.1, -0.05) is 17.7 Å². The minimum Gasteiger partial charge on any atom is -0.450 e. The molecular formula is C20H19NO5S2. The maximum Gasteiger partial charge on any atom is 0.374 e. The second-order valence-corrected chi connectivity index (χ2v) is 8.17. The Bertz CT molecular complexity index is 1030. The minimum atomic E-state index is -0.846. The molecule has 1 amide bonds. The molecule has 3 aromatic rings. The normalized spacial score (nSPS) is 10.8. The van der Waals surface area contributed by atoms with Crippen LogP contribution in [0.3, 0.4) is 0 Å². The van der Waals surface area contributed by atoms with Crippen LogP contribution in [0.4, 0.5) is 0 Å². The second kappa shape index (κ2) is 9.57. The van der Waals surface area contributed by atoms with Crippen LogP contribution in [-0.4, -0.2) is 30.8 Å². The summed E-state index contributed by atoms with van der Waals surface area (Å²) in [7, 11) is 0. The standard InChI is InChI=1S/C20H19NO5S2/c1-13-4-5-17-15(9-13)16(22)10-18(26-17)20(24)25-11-19(23)21-6-8-27-12-14-3-2-7-28-14/h2-5,7,9-10H,6,8,11-12H2,1H3,(H,21,23). The molecule has 0 bridgehead atoms. The number of rotatable bonds is 8. The lowest BCUT2D eigenvalue weighted by atomic mass is 10.1.